The number of nitrogens with two attached hydrogens (primary N) is 1. The van der Waals surface area contributed by atoms with Crippen LogP contribution in [0.3, 0.4) is 0 Å². The molecule has 2 aromatic rings. The first kappa shape index (κ1) is 13.4. The van der Waals surface area contributed by atoms with Crippen molar-refractivity contribution in [2.75, 3.05) is 11.1 Å². The number of nitrogens with zero attached hydrogens (tertiary/aromatic N) is 2. The minimum absolute atomic E-state index is 0.0288. The molecule has 0 aliphatic rings. The normalized spacial score (nSPS) is 11.4. The summed E-state index contributed by atoms with van der Waals surface area (Å²) >= 11 is 5.81. The first-order chi connectivity index (χ1) is 8.86. The molecule has 0 atom stereocenters. The molecule has 100 valence electrons. The molecular formula is C11H8ClF3N4. The molecule has 0 saturated heterocycles. The molecule has 3 N–H and O–H groups in total. The van der Waals surface area contributed by atoms with Gasteiger partial charge in [0.25, 0.3) is 0 Å². The molecule has 2 rings (SSSR count). The van der Waals surface area contributed by atoms with Crippen LogP contribution in [0.2, 0.25) is 5.02 Å². The second-order valence-corrected chi connectivity index (χ2v) is 4.04. The summed E-state index contributed by atoms with van der Waals surface area (Å²) in [6.07, 6.45) is -3.15. The summed E-state index contributed by atoms with van der Waals surface area (Å²) in [5.74, 6) is 0.118. The Bertz CT molecular complexity index is 601. The number of hydrogen-bond acceptors (Lipinski definition) is 4. The minimum Gasteiger partial charge on any atom is -0.368 e. The second-order valence-electron chi connectivity index (χ2n) is 3.63. The molecule has 1 heterocycles. The maximum atomic E-state index is 12.6. The van der Waals surface area contributed by atoms with Gasteiger partial charge in [0.2, 0.25) is 5.95 Å². The van der Waals surface area contributed by atoms with E-state index in [9.17, 15) is 13.2 Å². The molecule has 4 nitrogen and oxygen atoms in total. The van der Waals surface area contributed by atoms with Gasteiger partial charge in [-0.25, -0.2) is 4.98 Å². The zero-order chi connectivity index (χ0) is 14.0. The third-order valence-electron chi connectivity index (χ3n) is 2.22. The number of alkyl halides is 3. The number of rotatable bonds is 2. The van der Waals surface area contributed by atoms with E-state index in [2.05, 4.69) is 15.3 Å². The van der Waals surface area contributed by atoms with Crippen molar-refractivity contribution in [3.8, 4) is 0 Å². The highest BCUT2D eigenvalue weighted by Gasteiger charge is 2.30. The average Bonchev–Trinajstić information content (AvgIpc) is 2.33. The van der Waals surface area contributed by atoms with Crippen LogP contribution in [0.5, 0.6) is 0 Å². The Morgan fingerprint density at radius 3 is 2.68 bits per heavy atom. The van der Waals surface area contributed by atoms with Crippen molar-refractivity contribution in [2.24, 2.45) is 0 Å². The van der Waals surface area contributed by atoms with Crippen LogP contribution in [-0.2, 0) is 6.18 Å². The first-order valence-corrected chi connectivity index (χ1v) is 5.46. The van der Waals surface area contributed by atoms with Gasteiger partial charge in [-0.05, 0) is 18.2 Å². The summed E-state index contributed by atoms with van der Waals surface area (Å²) < 4.78 is 37.7. The Hall–Kier alpha value is -2.02. The molecule has 0 bridgehead atoms. The van der Waals surface area contributed by atoms with Crippen LogP contribution >= 0.6 is 11.6 Å². The number of anilines is 3. The summed E-state index contributed by atoms with van der Waals surface area (Å²) in [5, 5.41) is 2.82. The zero-order valence-electron chi connectivity index (χ0n) is 9.37. The van der Waals surface area contributed by atoms with Gasteiger partial charge in [0.05, 0.1) is 11.8 Å². The van der Waals surface area contributed by atoms with Crippen LogP contribution in [0, 0.1) is 0 Å². The molecule has 0 unspecified atom stereocenters. The van der Waals surface area contributed by atoms with Crippen molar-refractivity contribution in [3.63, 3.8) is 0 Å². The molecule has 0 spiro atoms. The van der Waals surface area contributed by atoms with Crippen LogP contribution in [0.25, 0.3) is 0 Å². The van der Waals surface area contributed by atoms with Crippen molar-refractivity contribution >= 4 is 29.1 Å². The number of nitrogen functional groups attached to an aromatic ring is 1. The van der Waals surface area contributed by atoms with E-state index in [0.717, 1.165) is 12.1 Å². The van der Waals surface area contributed by atoms with Gasteiger partial charge in [-0.2, -0.15) is 18.2 Å². The molecule has 1 aromatic carbocycles. The van der Waals surface area contributed by atoms with Crippen LogP contribution < -0.4 is 11.1 Å². The van der Waals surface area contributed by atoms with Crippen LogP contribution in [0.15, 0.2) is 30.5 Å². The fourth-order valence-corrected chi connectivity index (χ4v) is 1.52. The summed E-state index contributed by atoms with van der Waals surface area (Å²) in [7, 11) is 0. The van der Waals surface area contributed by atoms with E-state index in [4.69, 9.17) is 17.3 Å². The SMILES string of the molecule is Nc1ncc(Cl)c(Nc2cccc(C(F)(F)F)c2)n1. The highest BCUT2D eigenvalue weighted by molar-refractivity contribution is 6.32. The molecule has 19 heavy (non-hydrogen) atoms. The van der Waals surface area contributed by atoms with Crippen molar-refractivity contribution in [2.45, 2.75) is 6.18 Å². The third kappa shape index (κ3) is 3.25. The number of benzene rings is 1. The van der Waals surface area contributed by atoms with Crippen LogP contribution in [-0.4, -0.2) is 9.97 Å². The monoisotopic (exact) mass is 288 g/mol. The molecule has 1 aromatic heterocycles. The van der Waals surface area contributed by atoms with E-state index < -0.39 is 11.7 Å². The molecule has 0 saturated carbocycles. The minimum atomic E-state index is -4.41. The Morgan fingerprint density at radius 1 is 1.26 bits per heavy atom. The second kappa shape index (κ2) is 4.93. The Labute approximate surface area is 111 Å². The van der Waals surface area contributed by atoms with Crippen molar-refractivity contribution in [3.05, 3.63) is 41.0 Å². The van der Waals surface area contributed by atoms with E-state index in [1.807, 2.05) is 0 Å². The van der Waals surface area contributed by atoms with Gasteiger partial charge < -0.3 is 11.1 Å². The van der Waals surface area contributed by atoms with Gasteiger partial charge in [0.15, 0.2) is 5.82 Å². The van der Waals surface area contributed by atoms with E-state index in [1.165, 1.54) is 18.3 Å². The number of aromatic nitrogens is 2. The van der Waals surface area contributed by atoms with Gasteiger partial charge >= 0.3 is 6.18 Å². The third-order valence-corrected chi connectivity index (χ3v) is 2.49. The predicted octanol–water partition coefficient (Wildman–Crippen LogP) is 3.47. The van der Waals surface area contributed by atoms with E-state index in [1.54, 1.807) is 0 Å². The lowest BCUT2D eigenvalue weighted by atomic mass is 10.2. The topological polar surface area (TPSA) is 63.8 Å². The number of hydrogen-bond donors (Lipinski definition) is 2. The standard InChI is InChI=1S/C11H8ClF3N4/c12-8-5-17-10(16)19-9(8)18-7-3-1-2-6(4-7)11(13,14)15/h1-5H,(H3,16,17,18,19). The summed E-state index contributed by atoms with van der Waals surface area (Å²) in [5.41, 5.74) is 4.82. The Kier molecular flexibility index (Phi) is 3.48. The quantitative estimate of drug-likeness (QED) is 0.888. The lowest BCUT2D eigenvalue weighted by molar-refractivity contribution is -0.137. The smallest absolute Gasteiger partial charge is 0.368 e. The fourth-order valence-electron chi connectivity index (χ4n) is 1.38. The summed E-state index contributed by atoms with van der Waals surface area (Å²) in [6.45, 7) is 0. The molecule has 0 aliphatic carbocycles. The number of halogens is 4. The van der Waals surface area contributed by atoms with E-state index in [0.29, 0.717) is 0 Å². The van der Waals surface area contributed by atoms with Gasteiger partial charge in [0, 0.05) is 5.69 Å². The largest absolute Gasteiger partial charge is 0.416 e. The lowest BCUT2D eigenvalue weighted by Crippen LogP contribution is -2.06. The van der Waals surface area contributed by atoms with Gasteiger partial charge in [-0.15, -0.1) is 0 Å². The van der Waals surface area contributed by atoms with Crippen LogP contribution in [0.1, 0.15) is 5.56 Å². The van der Waals surface area contributed by atoms with Crippen molar-refractivity contribution in [1.82, 2.24) is 9.97 Å². The molecule has 0 aliphatic heterocycles. The Morgan fingerprint density at radius 2 is 2.00 bits per heavy atom. The maximum Gasteiger partial charge on any atom is 0.416 e. The molecular weight excluding hydrogens is 281 g/mol. The number of nitrogens with one attached hydrogen (secondary N) is 1. The Balaban J connectivity index is 2.31. The molecule has 0 amide bonds. The average molecular weight is 289 g/mol. The highest BCUT2D eigenvalue weighted by Crippen LogP contribution is 2.32. The van der Waals surface area contributed by atoms with Crippen LogP contribution in [0.4, 0.5) is 30.6 Å². The van der Waals surface area contributed by atoms with Gasteiger partial charge in [-0.3, -0.25) is 0 Å². The van der Waals surface area contributed by atoms with E-state index in [-0.39, 0.29) is 22.5 Å². The maximum absolute atomic E-state index is 12.6. The first-order valence-electron chi connectivity index (χ1n) is 5.08. The van der Waals surface area contributed by atoms with Gasteiger partial charge in [0.1, 0.15) is 5.02 Å². The lowest BCUT2D eigenvalue weighted by Gasteiger charge is -2.11. The fraction of sp³-hybridized carbons (Fsp3) is 0.0909. The predicted molar refractivity (Wildman–Crippen MR) is 66.2 cm³/mol. The highest BCUT2D eigenvalue weighted by atomic mass is 35.5. The van der Waals surface area contributed by atoms with Crippen molar-refractivity contribution in [1.29, 1.82) is 0 Å². The summed E-state index contributed by atoms with van der Waals surface area (Å²) in [4.78, 5) is 7.45. The summed E-state index contributed by atoms with van der Waals surface area (Å²) in [6, 6.07) is 4.67. The zero-order valence-corrected chi connectivity index (χ0v) is 10.1. The van der Waals surface area contributed by atoms with Crippen molar-refractivity contribution < 1.29 is 13.2 Å². The molecule has 0 radical (unpaired) electrons. The molecule has 0 fully saturated rings. The van der Waals surface area contributed by atoms with Gasteiger partial charge in [-0.1, -0.05) is 17.7 Å². The molecule has 8 heteroatoms. The van der Waals surface area contributed by atoms with E-state index >= 15 is 0 Å².